The lowest BCUT2D eigenvalue weighted by atomic mass is 9.78. The molecule has 0 saturated carbocycles. The van der Waals surface area contributed by atoms with E-state index < -0.39 is 0 Å². The summed E-state index contributed by atoms with van der Waals surface area (Å²) in [6.45, 7) is 6.06. The summed E-state index contributed by atoms with van der Waals surface area (Å²) in [5.41, 5.74) is 1.02. The maximum absolute atomic E-state index is 12.6. The minimum atomic E-state index is -0.0311. The molecule has 1 aromatic carbocycles. The van der Waals surface area contributed by atoms with Crippen LogP contribution in [0.5, 0.6) is 0 Å². The number of halogens is 1. The molecule has 144 valence electrons. The summed E-state index contributed by atoms with van der Waals surface area (Å²) in [4.78, 5) is 14.6. The molecule has 4 nitrogen and oxygen atoms in total. The highest BCUT2D eigenvalue weighted by atomic mass is 35.5. The van der Waals surface area contributed by atoms with Gasteiger partial charge in [0, 0.05) is 44.4 Å². The molecule has 2 saturated heterocycles. The van der Waals surface area contributed by atoms with Gasteiger partial charge in [0.15, 0.2) is 0 Å². The average Bonchev–Trinajstić information content (AvgIpc) is 3.04. The van der Waals surface area contributed by atoms with E-state index in [-0.39, 0.29) is 11.5 Å². The highest BCUT2D eigenvalue weighted by Gasteiger charge is 2.46. The molecule has 0 radical (unpaired) electrons. The molecule has 0 N–H and O–H groups in total. The Hall–Kier alpha value is -1.10. The predicted octanol–water partition coefficient (Wildman–Crippen LogP) is 4.10. The van der Waals surface area contributed by atoms with Gasteiger partial charge in [-0.05, 0) is 56.6 Å². The average molecular weight is 380 g/mol. The molecule has 1 spiro atoms. The first kappa shape index (κ1) is 19.7. The van der Waals surface area contributed by atoms with Gasteiger partial charge in [0.05, 0.1) is 5.60 Å². The third-order valence-corrected chi connectivity index (χ3v) is 6.31. The van der Waals surface area contributed by atoms with E-state index in [0.717, 1.165) is 69.2 Å². The lowest BCUT2D eigenvalue weighted by Gasteiger charge is -2.42. The van der Waals surface area contributed by atoms with Gasteiger partial charge in [-0.15, -0.1) is 0 Å². The Labute approximate surface area is 161 Å². The van der Waals surface area contributed by atoms with Crippen molar-refractivity contribution < 1.29 is 14.3 Å². The van der Waals surface area contributed by atoms with Crippen LogP contribution >= 0.6 is 11.6 Å². The zero-order chi connectivity index (χ0) is 18.4. The number of piperidine rings is 1. The molecule has 1 unspecified atom stereocenters. The quantitative estimate of drug-likeness (QED) is 0.669. The second-order valence-electron chi connectivity index (χ2n) is 7.36. The van der Waals surface area contributed by atoms with Gasteiger partial charge in [-0.1, -0.05) is 29.8 Å². The maximum atomic E-state index is 12.6. The second kappa shape index (κ2) is 9.20. The van der Waals surface area contributed by atoms with E-state index in [1.165, 1.54) is 0 Å². The number of ether oxygens (including phenoxy) is 2. The zero-order valence-electron chi connectivity index (χ0n) is 15.7. The summed E-state index contributed by atoms with van der Waals surface area (Å²) in [6, 6.07) is 7.76. The van der Waals surface area contributed by atoms with E-state index in [4.69, 9.17) is 21.1 Å². The van der Waals surface area contributed by atoms with Gasteiger partial charge < -0.3 is 14.4 Å². The first-order valence-electron chi connectivity index (χ1n) is 9.87. The van der Waals surface area contributed by atoms with Crippen LogP contribution in [-0.4, -0.2) is 49.3 Å². The molecule has 1 aromatic rings. The normalized spacial score (nSPS) is 22.1. The van der Waals surface area contributed by atoms with E-state index in [2.05, 4.69) is 0 Å². The van der Waals surface area contributed by atoms with Gasteiger partial charge >= 0.3 is 0 Å². The molecule has 0 bridgehead atoms. The Morgan fingerprint density at radius 3 is 2.85 bits per heavy atom. The Balaban J connectivity index is 1.48. The highest BCUT2D eigenvalue weighted by molar-refractivity contribution is 6.31. The van der Waals surface area contributed by atoms with E-state index in [0.29, 0.717) is 18.8 Å². The van der Waals surface area contributed by atoms with Gasteiger partial charge in [0.2, 0.25) is 5.91 Å². The first-order valence-corrected chi connectivity index (χ1v) is 10.3. The van der Waals surface area contributed by atoms with Crippen molar-refractivity contribution in [2.45, 2.75) is 51.0 Å². The number of rotatable bonds is 7. The SMILES string of the molecule is CCOCCC1CCOC12CCN(C(=O)CCc1ccccc1Cl)CC2. The van der Waals surface area contributed by atoms with Crippen molar-refractivity contribution in [2.75, 3.05) is 32.9 Å². The van der Waals surface area contributed by atoms with Crippen LogP contribution < -0.4 is 0 Å². The molecular formula is C21H30ClNO3. The number of likely N-dealkylation sites (tertiary alicyclic amines) is 1. The van der Waals surface area contributed by atoms with Crippen LogP contribution in [0.2, 0.25) is 5.02 Å². The van der Waals surface area contributed by atoms with Crippen LogP contribution in [0.1, 0.15) is 44.6 Å². The van der Waals surface area contributed by atoms with Crippen molar-refractivity contribution >= 4 is 17.5 Å². The zero-order valence-corrected chi connectivity index (χ0v) is 16.5. The van der Waals surface area contributed by atoms with E-state index >= 15 is 0 Å². The van der Waals surface area contributed by atoms with E-state index in [1.54, 1.807) is 0 Å². The lowest BCUT2D eigenvalue weighted by Crippen LogP contribution is -2.49. The molecule has 5 heteroatoms. The summed E-state index contributed by atoms with van der Waals surface area (Å²) in [6.07, 6.45) is 5.30. The standard InChI is InChI=1S/C21H30ClNO3/c1-2-25-15-9-18-10-16-26-21(18)11-13-23(14-12-21)20(24)8-7-17-5-3-4-6-19(17)22/h3-6,18H,2,7-16H2,1H3. The van der Waals surface area contributed by atoms with Gasteiger partial charge in [-0.25, -0.2) is 0 Å². The highest BCUT2D eigenvalue weighted by Crippen LogP contribution is 2.42. The Kier molecular flexibility index (Phi) is 6.96. The number of carbonyl (C=O) groups is 1. The Morgan fingerprint density at radius 2 is 2.12 bits per heavy atom. The number of hydrogen-bond acceptors (Lipinski definition) is 3. The van der Waals surface area contributed by atoms with Gasteiger partial charge in [-0.2, -0.15) is 0 Å². The van der Waals surface area contributed by atoms with Crippen LogP contribution in [0, 0.1) is 5.92 Å². The fraction of sp³-hybridized carbons (Fsp3) is 0.667. The van der Waals surface area contributed by atoms with Gasteiger partial charge in [0.1, 0.15) is 0 Å². The maximum Gasteiger partial charge on any atom is 0.222 e. The van der Waals surface area contributed by atoms with Crippen LogP contribution in [0.15, 0.2) is 24.3 Å². The molecule has 3 rings (SSSR count). The van der Waals surface area contributed by atoms with Crippen LogP contribution in [0.4, 0.5) is 0 Å². The smallest absolute Gasteiger partial charge is 0.222 e. The van der Waals surface area contributed by atoms with Crippen molar-refractivity contribution in [1.82, 2.24) is 4.90 Å². The first-order chi connectivity index (χ1) is 12.6. The molecule has 2 heterocycles. The number of hydrogen-bond donors (Lipinski definition) is 0. The molecule has 2 aliphatic rings. The van der Waals surface area contributed by atoms with E-state index in [1.807, 2.05) is 36.1 Å². The third kappa shape index (κ3) is 4.59. The van der Waals surface area contributed by atoms with Crippen molar-refractivity contribution in [3.8, 4) is 0 Å². The Morgan fingerprint density at radius 1 is 1.35 bits per heavy atom. The summed E-state index contributed by atoms with van der Waals surface area (Å²) < 4.78 is 11.7. The molecule has 0 aliphatic carbocycles. The number of carbonyl (C=O) groups excluding carboxylic acids is 1. The molecule has 0 aromatic heterocycles. The Bertz CT molecular complexity index is 599. The number of amides is 1. The molecule has 2 aliphatic heterocycles. The topological polar surface area (TPSA) is 38.8 Å². The lowest BCUT2D eigenvalue weighted by molar-refractivity contribution is -0.137. The molecule has 1 atom stereocenters. The second-order valence-corrected chi connectivity index (χ2v) is 7.76. The fourth-order valence-electron chi connectivity index (χ4n) is 4.35. The largest absolute Gasteiger partial charge is 0.382 e. The summed E-state index contributed by atoms with van der Waals surface area (Å²) in [5, 5.41) is 0.745. The van der Waals surface area contributed by atoms with Crippen molar-refractivity contribution in [1.29, 1.82) is 0 Å². The molecule has 2 fully saturated rings. The molecule has 1 amide bonds. The fourth-order valence-corrected chi connectivity index (χ4v) is 4.58. The summed E-state index contributed by atoms with van der Waals surface area (Å²) in [7, 11) is 0. The van der Waals surface area contributed by atoms with Crippen LogP contribution in [0.25, 0.3) is 0 Å². The number of aryl methyl sites for hydroxylation is 1. The summed E-state index contributed by atoms with van der Waals surface area (Å²) >= 11 is 6.19. The minimum Gasteiger partial charge on any atom is -0.382 e. The molecular weight excluding hydrogens is 350 g/mol. The minimum absolute atomic E-state index is 0.0311. The number of nitrogens with zero attached hydrogens (tertiary/aromatic N) is 1. The predicted molar refractivity (Wildman–Crippen MR) is 103 cm³/mol. The van der Waals surface area contributed by atoms with E-state index in [9.17, 15) is 4.79 Å². The van der Waals surface area contributed by atoms with Crippen molar-refractivity contribution in [3.05, 3.63) is 34.9 Å². The number of benzene rings is 1. The van der Waals surface area contributed by atoms with Crippen LogP contribution in [-0.2, 0) is 20.7 Å². The van der Waals surface area contributed by atoms with Crippen LogP contribution in [0.3, 0.4) is 0 Å². The summed E-state index contributed by atoms with van der Waals surface area (Å²) in [5.74, 6) is 0.790. The third-order valence-electron chi connectivity index (χ3n) is 5.94. The van der Waals surface area contributed by atoms with Crippen molar-refractivity contribution in [2.24, 2.45) is 5.92 Å². The van der Waals surface area contributed by atoms with Gasteiger partial charge in [-0.3, -0.25) is 4.79 Å². The molecule has 26 heavy (non-hydrogen) atoms. The van der Waals surface area contributed by atoms with Crippen molar-refractivity contribution in [3.63, 3.8) is 0 Å². The van der Waals surface area contributed by atoms with Gasteiger partial charge in [0.25, 0.3) is 0 Å². The monoisotopic (exact) mass is 379 g/mol.